The molecule has 4 heteroatoms. The largest absolute Gasteiger partial charge is 0.453 e. The Kier molecular flexibility index (Phi) is 6.80. The molecule has 0 aromatic heterocycles. The van der Waals surface area contributed by atoms with Crippen LogP contribution in [-0.2, 0) is 4.74 Å². The molecule has 1 N–H and O–H groups in total. The second-order valence-electron chi connectivity index (χ2n) is 7.31. The average molecular weight is 284 g/mol. The molecule has 0 aliphatic carbocycles. The van der Waals surface area contributed by atoms with Crippen molar-refractivity contribution in [2.24, 2.45) is 11.3 Å². The summed E-state index contributed by atoms with van der Waals surface area (Å²) in [5.74, 6) is 0.655. The first-order valence-corrected chi connectivity index (χ1v) is 7.91. The van der Waals surface area contributed by atoms with Crippen LogP contribution in [-0.4, -0.2) is 43.8 Å². The molecule has 0 aromatic carbocycles. The number of hydrogen-bond donors (Lipinski definition) is 1. The van der Waals surface area contributed by atoms with Gasteiger partial charge in [-0.3, -0.25) is 0 Å². The number of likely N-dealkylation sites (tertiary alicyclic amines) is 1. The van der Waals surface area contributed by atoms with Gasteiger partial charge in [-0.15, -0.1) is 0 Å². The molecule has 2 atom stereocenters. The van der Waals surface area contributed by atoms with Gasteiger partial charge in [0.1, 0.15) is 0 Å². The topological polar surface area (TPSA) is 41.6 Å². The first-order chi connectivity index (χ1) is 9.34. The molecular formula is C16H32N2O2. The third-order valence-corrected chi connectivity index (χ3v) is 3.85. The first-order valence-electron chi connectivity index (χ1n) is 7.91. The molecule has 1 amide bonds. The van der Waals surface area contributed by atoms with Crippen LogP contribution < -0.4 is 5.32 Å². The molecule has 1 saturated heterocycles. The van der Waals surface area contributed by atoms with Crippen LogP contribution in [0, 0.1) is 11.3 Å². The molecule has 1 aliphatic heterocycles. The van der Waals surface area contributed by atoms with E-state index in [4.69, 9.17) is 4.74 Å². The molecule has 1 rings (SSSR count). The van der Waals surface area contributed by atoms with E-state index in [9.17, 15) is 4.79 Å². The molecule has 0 saturated carbocycles. The van der Waals surface area contributed by atoms with Crippen molar-refractivity contribution < 1.29 is 9.53 Å². The van der Waals surface area contributed by atoms with Crippen molar-refractivity contribution >= 4 is 6.09 Å². The number of amides is 1. The van der Waals surface area contributed by atoms with Crippen molar-refractivity contribution in [1.29, 1.82) is 0 Å². The summed E-state index contributed by atoms with van der Waals surface area (Å²) < 4.78 is 4.74. The summed E-state index contributed by atoms with van der Waals surface area (Å²) in [6.07, 6.45) is 4.41. The highest BCUT2D eigenvalue weighted by atomic mass is 16.5. The Morgan fingerprint density at radius 2 is 2.05 bits per heavy atom. The van der Waals surface area contributed by atoms with Gasteiger partial charge in [0, 0.05) is 19.1 Å². The van der Waals surface area contributed by atoms with E-state index in [0.717, 1.165) is 26.1 Å². The molecule has 118 valence electrons. The zero-order chi connectivity index (χ0) is 15.2. The minimum atomic E-state index is -0.304. The SMILES string of the molecule is CCCCN1CC(CC(C)(C)C)CC(NC(=O)OC)C1. The van der Waals surface area contributed by atoms with Gasteiger partial charge in [-0.1, -0.05) is 34.1 Å². The van der Waals surface area contributed by atoms with Crippen LogP contribution in [0.15, 0.2) is 0 Å². The number of hydrogen-bond acceptors (Lipinski definition) is 3. The fourth-order valence-electron chi connectivity index (χ4n) is 3.21. The van der Waals surface area contributed by atoms with Crippen LogP contribution in [0.25, 0.3) is 0 Å². The fourth-order valence-corrected chi connectivity index (χ4v) is 3.21. The maximum Gasteiger partial charge on any atom is 0.407 e. The molecule has 2 unspecified atom stereocenters. The van der Waals surface area contributed by atoms with Gasteiger partial charge in [-0.05, 0) is 37.1 Å². The van der Waals surface area contributed by atoms with Gasteiger partial charge in [0.15, 0.2) is 0 Å². The zero-order valence-corrected chi connectivity index (χ0v) is 13.9. The van der Waals surface area contributed by atoms with Crippen molar-refractivity contribution in [1.82, 2.24) is 10.2 Å². The van der Waals surface area contributed by atoms with Crippen molar-refractivity contribution in [3.8, 4) is 0 Å². The number of ether oxygens (including phenoxy) is 1. The lowest BCUT2D eigenvalue weighted by Crippen LogP contribution is -2.51. The van der Waals surface area contributed by atoms with E-state index in [2.05, 4.69) is 37.9 Å². The smallest absolute Gasteiger partial charge is 0.407 e. The summed E-state index contributed by atoms with van der Waals surface area (Å²) in [7, 11) is 1.43. The van der Waals surface area contributed by atoms with Crippen LogP contribution in [0.3, 0.4) is 0 Å². The maximum absolute atomic E-state index is 11.4. The number of methoxy groups -OCH3 is 1. The number of carbonyl (C=O) groups excluding carboxylic acids is 1. The number of nitrogens with one attached hydrogen (secondary N) is 1. The molecule has 1 aliphatic rings. The number of rotatable bonds is 5. The standard InChI is InChI=1S/C16H32N2O2/c1-6-7-8-18-11-13(10-16(2,3)4)9-14(12-18)17-15(19)20-5/h13-14H,6-12H2,1-5H3,(H,17,19). The summed E-state index contributed by atoms with van der Waals surface area (Å²) >= 11 is 0. The summed E-state index contributed by atoms with van der Waals surface area (Å²) in [5, 5.41) is 2.99. The van der Waals surface area contributed by atoms with Crippen molar-refractivity contribution in [3.63, 3.8) is 0 Å². The Hall–Kier alpha value is -0.770. The third kappa shape index (κ3) is 6.60. The van der Waals surface area contributed by atoms with Gasteiger partial charge in [0.2, 0.25) is 0 Å². The minimum absolute atomic E-state index is 0.223. The summed E-state index contributed by atoms with van der Waals surface area (Å²) in [5.41, 5.74) is 0.342. The highest BCUT2D eigenvalue weighted by Gasteiger charge is 2.30. The fraction of sp³-hybridized carbons (Fsp3) is 0.938. The normalized spacial score (nSPS) is 24.4. The van der Waals surface area contributed by atoms with Crippen LogP contribution in [0.4, 0.5) is 4.79 Å². The lowest BCUT2D eigenvalue weighted by atomic mass is 9.80. The van der Waals surface area contributed by atoms with Gasteiger partial charge in [-0.2, -0.15) is 0 Å². The maximum atomic E-state index is 11.4. The molecule has 0 aromatic rings. The second-order valence-corrected chi connectivity index (χ2v) is 7.31. The molecule has 1 fully saturated rings. The second kappa shape index (κ2) is 7.87. The Balaban J connectivity index is 2.59. The lowest BCUT2D eigenvalue weighted by Gasteiger charge is -2.40. The number of nitrogens with zero attached hydrogens (tertiary/aromatic N) is 1. The molecule has 0 bridgehead atoms. The summed E-state index contributed by atoms with van der Waals surface area (Å²) in [6.45, 7) is 12.4. The molecule has 4 nitrogen and oxygen atoms in total. The van der Waals surface area contributed by atoms with Crippen LogP contribution in [0.2, 0.25) is 0 Å². The molecule has 0 spiro atoms. The van der Waals surface area contributed by atoms with Crippen molar-refractivity contribution in [2.75, 3.05) is 26.7 Å². The van der Waals surface area contributed by atoms with Gasteiger partial charge >= 0.3 is 6.09 Å². The van der Waals surface area contributed by atoms with Gasteiger partial charge in [0.25, 0.3) is 0 Å². The Labute approximate surface area is 124 Å². The first kappa shape index (κ1) is 17.3. The van der Waals surface area contributed by atoms with Crippen molar-refractivity contribution in [2.45, 2.75) is 59.4 Å². The predicted octanol–water partition coefficient (Wildman–Crippen LogP) is 3.27. The lowest BCUT2D eigenvalue weighted by molar-refractivity contribution is 0.105. The Morgan fingerprint density at radius 3 is 2.60 bits per heavy atom. The van der Waals surface area contributed by atoms with E-state index in [-0.39, 0.29) is 12.1 Å². The molecular weight excluding hydrogens is 252 g/mol. The number of carbonyl (C=O) groups is 1. The van der Waals surface area contributed by atoms with Gasteiger partial charge in [0.05, 0.1) is 7.11 Å². The minimum Gasteiger partial charge on any atom is -0.453 e. The molecule has 1 heterocycles. The quantitative estimate of drug-likeness (QED) is 0.842. The highest BCUT2D eigenvalue weighted by molar-refractivity contribution is 5.67. The third-order valence-electron chi connectivity index (χ3n) is 3.85. The van der Waals surface area contributed by atoms with Crippen LogP contribution in [0.5, 0.6) is 0 Å². The van der Waals surface area contributed by atoms with Crippen LogP contribution >= 0.6 is 0 Å². The number of piperidine rings is 1. The number of alkyl carbamates (subject to hydrolysis) is 1. The number of unbranched alkanes of at least 4 members (excludes halogenated alkanes) is 1. The van der Waals surface area contributed by atoms with E-state index >= 15 is 0 Å². The van der Waals surface area contributed by atoms with E-state index in [1.807, 2.05) is 0 Å². The molecule has 20 heavy (non-hydrogen) atoms. The van der Waals surface area contributed by atoms with Crippen molar-refractivity contribution in [3.05, 3.63) is 0 Å². The zero-order valence-electron chi connectivity index (χ0n) is 13.9. The summed E-state index contributed by atoms with van der Waals surface area (Å²) in [4.78, 5) is 13.9. The van der Waals surface area contributed by atoms with E-state index < -0.39 is 0 Å². The van der Waals surface area contributed by atoms with Crippen LogP contribution in [0.1, 0.15) is 53.4 Å². The van der Waals surface area contributed by atoms with E-state index in [1.54, 1.807) is 0 Å². The van der Waals surface area contributed by atoms with Gasteiger partial charge < -0.3 is 15.0 Å². The molecule has 0 radical (unpaired) electrons. The van der Waals surface area contributed by atoms with E-state index in [0.29, 0.717) is 11.3 Å². The Bertz CT molecular complexity index is 299. The summed E-state index contributed by atoms with van der Waals surface area (Å²) in [6, 6.07) is 0.223. The monoisotopic (exact) mass is 284 g/mol. The Morgan fingerprint density at radius 1 is 1.35 bits per heavy atom. The van der Waals surface area contributed by atoms with E-state index in [1.165, 1.54) is 26.4 Å². The predicted molar refractivity (Wildman–Crippen MR) is 82.9 cm³/mol. The van der Waals surface area contributed by atoms with Gasteiger partial charge in [-0.25, -0.2) is 4.79 Å². The highest BCUT2D eigenvalue weighted by Crippen LogP contribution is 2.30. The average Bonchev–Trinajstić information content (AvgIpc) is 2.33.